The molecule has 2 aromatic carbocycles. The normalized spacial score (nSPS) is 17.4. The first-order chi connectivity index (χ1) is 15.9. The number of nitrogens with zero attached hydrogens (tertiary/aromatic N) is 2. The zero-order chi connectivity index (χ0) is 23.5. The van der Waals surface area contributed by atoms with Gasteiger partial charge < -0.3 is 9.84 Å². The monoisotopic (exact) mass is 462 g/mol. The molecule has 7 heteroatoms. The number of anilines is 1. The van der Waals surface area contributed by atoms with Crippen molar-refractivity contribution in [1.82, 2.24) is 4.98 Å². The van der Waals surface area contributed by atoms with Crippen LogP contribution in [-0.4, -0.2) is 28.4 Å². The molecule has 4 rings (SSSR count). The summed E-state index contributed by atoms with van der Waals surface area (Å²) >= 11 is 6.31. The van der Waals surface area contributed by atoms with Crippen molar-refractivity contribution in [3.05, 3.63) is 94.3 Å². The number of rotatable bonds is 6. The van der Waals surface area contributed by atoms with Crippen molar-refractivity contribution in [2.75, 3.05) is 11.5 Å². The van der Waals surface area contributed by atoms with Gasteiger partial charge >= 0.3 is 0 Å². The molecule has 1 aromatic heterocycles. The largest absolute Gasteiger partial charge is 0.507 e. The Kier molecular flexibility index (Phi) is 6.47. The minimum atomic E-state index is -0.832. The second kappa shape index (κ2) is 9.46. The average molecular weight is 463 g/mol. The molecule has 33 heavy (non-hydrogen) atoms. The van der Waals surface area contributed by atoms with E-state index in [0.717, 1.165) is 6.42 Å². The van der Waals surface area contributed by atoms with Crippen LogP contribution in [0.3, 0.4) is 0 Å². The van der Waals surface area contributed by atoms with Crippen LogP contribution in [0, 0.1) is 6.92 Å². The van der Waals surface area contributed by atoms with Crippen LogP contribution in [0.1, 0.15) is 36.1 Å². The first-order valence-corrected chi connectivity index (χ1v) is 11.0. The molecule has 1 saturated heterocycles. The lowest BCUT2D eigenvalue weighted by Gasteiger charge is -2.27. The molecule has 6 nitrogen and oxygen atoms in total. The summed E-state index contributed by atoms with van der Waals surface area (Å²) in [5.74, 6) is -1.08. The molecule has 0 spiro atoms. The van der Waals surface area contributed by atoms with Crippen molar-refractivity contribution < 1.29 is 19.4 Å². The molecule has 1 fully saturated rings. The van der Waals surface area contributed by atoms with Crippen molar-refractivity contribution in [2.45, 2.75) is 26.3 Å². The standard InChI is InChI=1S/C26H23ClN2O4/c1-3-15-33-19-9-7-18(8-10-19)24(30)22-23(17-11-13-28-14-12-17)29(26(32)25(22)31)21-6-4-5-20(27)16(21)2/h4-14,23,30H,3,15H2,1-2H3/b24-22+. The van der Waals surface area contributed by atoms with E-state index in [0.29, 0.717) is 39.8 Å². The van der Waals surface area contributed by atoms with Crippen molar-refractivity contribution in [2.24, 2.45) is 0 Å². The summed E-state index contributed by atoms with van der Waals surface area (Å²) in [6, 6.07) is 14.6. The molecule has 0 bridgehead atoms. The van der Waals surface area contributed by atoms with Crippen LogP contribution in [-0.2, 0) is 9.59 Å². The first-order valence-electron chi connectivity index (χ1n) is 10.6. The lowest BCUT2D eigenvalue weighted by Crippen LogP contribution is -2.30. The molecular formula is C26H23ClN2O4. The number of ketones is 1. The number of aliphatic hydroxyl groups is 1. The van der Waals surface area contributed by atoms with Gasteiger partial charge in [-0.1, -0.05) is 24.6 Å². The van der Waals surface area contributed by atoms with Gasteiger partial charge in [-0.25, -0.2) is 0 Å². The molecule has 168 valence electrons. The molecule has 1 N–H and O–H groups in total. The van der Waals surface area contributed by atoms with Crippen LogP contribution < -0.4 is 9.64 Å². The molecule has 1 unspecified atom stereocenters. The highest BCUT2D eigenvalue weighted by Crippen LogP contribution is 2.43. The molecule has 0 saturated carbocycles. The molecular weight excluding hydrogens is 440 g/mol. The van der Waals surface area contributed by atoms with E-state index in [1.54, 1.807) is 73.9 Å². The Morgan fingerprint density at radius 3 is 2.45 bits per heavy atom. The van der Waals surface area contributed by atoms with E-state index in [-0.39, 0.29) is 11.3 Å². The number of halogens is 1. The number of carbonyl (C=O) groups is 2. The van der Waals surface area contributed by atoms with Gasteiger partial charge in [0.15, 0.2) is 0 Å². The van der Waals surface area contributed by atoms with Gasteiger partial charge in [-0.3, -0.25) is 19.5 Å². The maximum Gasteiger partial charge on any atom is 0.300 e. The average Bonchev–Trinajstić information content (AvgIpc) is 3.10. The summed E-state index contributed by atoms with van der Waals surface area (Å²) in [5, 5.41) is 11.7. The topological polar surface area (TPSA) is 79.7 Å². The fraction of sp³-hybridized carbons (Fsp3) is 0.192. The first kappa shape index (κ1) is 22.6. The van der Waals surface area contributed by atoms with E-state index in [1.807, 2.05) is 6.92 Å². The van der Waals surface area contributed by atoms with Crippen LogP contribution in [0.15, 0.2) is 72.6 Å². The Morgan fingerprint density at radius 1 is 1.09 bits per heavy atom. The number of pyridine rings is 1. The van der Waals surface area contributed by atoms with Crippen LogP contribution in [0.4, 0.5) is 5.69 Å². The number of benzene rings is 2. The van der Waals surface area contributed by atoms with Gasteiger partial charge in [0.05, 0.1) is 18.2 Å². The highest BCUT2D eigenvalue weighted by molar-refractivity contribution is 6.52. The maximum absolute atomic E-state index is 13.2. The van der Waals surface area contributed by atoms with E-state index in [4.69, 9.17) is 16.3 Å². The Morgan fingerprint density at radius 2 is 1.79 bits per heavy atom. The van der Waals surface area contributed by atoms with Crippen molar-refractivity contribution in [1.29, 1.82) is 0 Å². The minimum absolute atomic E-state index is 0.00722. The van der Waals surface area contributed by atoms with E-state index in [1.165, 1.54) is 4.90 Å². The Balaban J connectivity index is 1.87. The van der Waals surface area contributed by atoms with Crippen molar-refractivity contribution in [3.8, 4) is 5.75 Å². The minimum Gasteiger partial charge on any atom is -0.507 e. The smallest absolute Gasteiger partial charge is 0.300 e. The van der Waals surface area contributed by atoms with Gasteiger partial charge in [0.2, 0.25) is 0 Å². The molecule has 0 aliphatic carbocycles. The summed E-state index contributed by atoms with van der Waals surface area (Å²) in [5.41, 5.74) is 2.24. The number of amides is 1. The van der Waals surface area contributed by atoms with E-state index in [9.17, 15) is 14.7 Å². The number of hydrogen-bond donors (Lipinski definition) is 1. The molecule has 3 aromatic rings. The van der Waals surface area contributed by atoms with E-state index < -0.39 is 17.7 Å². The zero-order valence-electron chi connectivity index (χ0n) is 18.3. The number of aliphatic hydroxyl groups excluding tert-OH is 1. The number of carbonyl (C=O) groups excluding carboxylic acids is 2. The highest BCUT2D eigenvalue weighted by Gasteiger charge is 2.47. The quantitative estimate of drug-likeness (QED) is 0.299. The third-order valence-corrected chi connectivity index (χ3v) is 5.97. The number of ether oxygens (including phenoxy) is 1. The van der Waals surface area contributed by atoms with Gasteiger partial charge in [-0.05, 0) is 73.0 Å². The van der Waals surface area contributed by atoms with E-state index >= 15 is 0 Å². The van der Waals surface area contributed by atoms with Crippen LogP contribution in [0.2, 0.25) is 5.02 Å². The molecule has 1 aliphatic rings. The molecule has 1 atom stereocenters. The highest BCUT2D eigenvalue weighted by atomic mass is 35.5. The van der Waals surface area contributed by atoms with Gasteiger partial charge in [-0.15, -0.1) is 0 Å². The van der Waals surface area contributed by atoms with Gasteiger partial charge in [0.25, 0.3) is 11.7 Å². The lowest BCUT2D eigenvalue weighted by molar-refractivity contribution is -0.132. The third-order valence-electron chi connectivity index (χ3n) is 5.57. The predicted octanol–water partition coefficient (Wildman–Crippen LogP) is 5.46. The van der Waals surface area contributed by atoms with Gasteiger partial charge in [-0.2, -0.15) is 0 Å². The fourth-order valence-corrected chi connectivity index (χ4v) is 4.05. The second-order valence-electron chi connectivity index (χ2n) is 7.71. The summed E-state index contributed by atoms with van der Waals surface area (Å²) in [6.07, 6.45) is 4.04. The van der Waals surface area contributed by atoms with Crippen LogP contribution in [0.5, 0.6) is 5.75 Å². The lowest BCUT2D eigenvalue weighted by atomic mass is 9.95. The summed E-state index contributed by atoms with van der Waals surface area (Å²) in [6.45, 7) is 4.38. The third kappa shape index (κ3) is 4.22. The summed E-state index contributed by atoms with van der Waals surface area (Å²) in [4.78, 5) is 31.9. The Bertz CT molecular complexity index is 1220. The number of aromatic nitrogens is 1. The SMILES string of the molecule is CCCOc1ccc(/C(O)=C2\C(=O)C(=O)N(c3cccc(Cl)c3C)C2c2ccncc2)cc1. The fourth-order valence-electron chi connectivity index (χ4n) is 3.88. The van der Waals surface area contributed by atoms with Crippen molar-refractivity contribution in [3.63, 3.8) is 0 Å². The summed E-state index contributed by atoms with van der Waals surface area (Å²) in [7, 11) is 0. The molecule has 2 heterocycles. The Labute approximate surface area is 197 Å². The zero-order valence-corrected chi connectivity index (χ0v) is 19.0. The molecule has 0 radical (unpaired) electrons. The summed E-state index contributed by atoms with van der Waals surface area (Å²) < 4.78 is 5.60. The predicted molar refractivity (Wildman–Crippen MR) is 127 cm³/mol. The van der Waals surface area contributed by atoms with E-state index in [2.05, 4.69) is 4.98 Å². The van der Waals surface area contributed by atoms with Crippen LogP contribution in [0.25, 0.3) is 5.76 Å². The second-order valence-corrected chi connectivity index (χ2v) is 8.11. The Hall–Kier alpha value is -3.64. The number of Topliss-reactive ketones (excluding diaryl/α,β-unsaturated/α-hetero) is 1. The van der Waals surface area contributed by atoms with Gasteiger partial charge in [0, 0.05) is 28.7 Å². The van der Waals surface area contributed by atoms with Crippen LogP contribution >= 0.6 is 11.6 Å². The number of hydrogen-bond acceptors (Lipinski definition) is 5. The molecule has 1 aliphatic heterocycles. The van der Waals surface area contributed by atoms with Gasteiger partial charge in [0.1, 0.15) is 11.5 Å². The maximum atomic E-state index is 13.2. The van der Waals surface area contributed by atoms with Crippen molar-refractivity contribution >= 4 is 34.7 Å². The molecule has 1 amide bonds.